The quantitative estimate of drug-likeness (QED) is 0.914. The monoisotopic (exact) mass is 333 g/mol. The first-order valence-corrected chi connectivity index (χ1v) is 8.23. The molecule has 0 spiro atoms. The number of aromatic nitrogens is 2. The van der Waals surface area contributed by atoms with Crippen molar-refractivity contribution in [3.05, 3.63) is 46.7 Å². The van der Waals surface area contributed by atoms with E-state index in [1.165, 1.54) is 0 Å². The molecule has 3 rings (SSSR count). The fourth-order valence-corrected chi connectivity index (χ4v) is 3.00. The predicted octanol–water partition coefficient (Wildman–Crippen LogP) is 3.13. The van der Waals surface area contributed by atoms with E-state index in [1.54, 1.807) is 10.9 Å². The van der Waals surface area contributed by atoms with Crippen LogP contribution in [0, 0.1) is 6.92 Å². The van der Waals surface area contributed by atoms with Crippen LogP contribution in [0.4, 0.5) is 0 Å². The lowest BCUT2D eigenvalue weighted by Crippen LogP contribution is -2.27. The van der Waals surface area contributed by atoms with Crippen molar-refractivity contribution < 1.29 is 9.53 Å². The van der Waals surface area contributed by atoms with E-state index in [4.69, 9.17) is 16.3 Å². The van der Waals surface area contributed by atoms with Crippen LogP contribution in [-0.4, -0.2) is 34.9 Å². The highest BCUT2D eigenvalue weighted by molar-refractivity contribution is 6.30. The van der Waals surface area contributed by atoms with Crippen molar-refractivity contribution in [2.24, 2.45) is 0 Å². The maximum absolute atomic E-state index is 12.3. The van der Waals surface area contributed by atoms with Gasteiger partial charge in [0.1, 0.15) is 0 Å². The number of nitrogens with one attached hydrogen (secondary N) is 1. The van der Waals surface area contributed by atoms with Gasteiger partial charge in [-0.3, -0.25) is 4.79 Å². The zero-order valence-corrected chi connectivity index (χ0v) is 13.8. The van der Waals surface area contributed by atoms with Crippen molar-refractivity contribution in [1.29, 1.82) is 0 Å². The summed E-state index contributed by atoms with van der Waals surface area (Å²) in [4.78, 5) is 12.3. The number of amides is 1. The smallest absolute Gasteiger partial charge is 0.254 e. The zero-order valence-electron chi connectivity index (χ0n) is 13.1. The molecular formula is C17H20ClN3O2. The normalized spacial score (nSPS) is 17.4. The second-order valence-electron chi connectivity index (χ2n) is 5.71. The van der Waals surface area contributed by atoms with Crippen molar-refractivity contribution in [2.45, 2.75) is 32.3 Å². The third-order valence-corrected chi connectivity index (χ3v) is 4.32. The highest BCUT2D eigenvalue weighted by atomic mass is 35.5. The van der Waals surface area contributed by atoms with Gasteiger partial charge in [-0.1, -0.05) is 17.7 Å². The van der Waals surface area contributed by atoms with Gasteiger partial charge < -0.3 is 10.1 Å². The average Bonchev–Trinajstić information content (AvgIpc) is 3.17. The zero-order chi connectivity index (χ0) is 16.2. The average molecular weight is 334 g/mol. The molecule has 122 valence electrons. The largest absolute Gasteiger partial charge is 0.378 e. The van der Waals surface area contributed by atoms with Gasteiger partial charge in [0.25, 0.3) is 5.91 Å². The molecule has 0 bridgehead atoms. The van der Waals surface area contributed by atoms with Crippen molar-refractivity contribution in [3.63, 3.8) is 0 Å². The Morgan fingerprint density at radius 2 is 2.39 bits per heavy atom. The van der Waals surface area contributed by atoms with Crippen LogP contribution in [0.2, 0.25) is 5.02 Å². The fourth-order valence-electron chi connectivity index (χ4n) is 2.81. The summed E-state index contributed by atoms with van der Waals surface area (Å²) in [6.07, 6.45) is 4.93. The number of halogens is 1. The predicted molar refractivity (Wildman–Crippen MR) is 89.2 cm³/mol. The maximum Gasteiger partial charge on any atom is 0.254 e. The van der Waals surface area contributed by atoms with E-state index in [-0.39, 0.29) is 12.0 Å². The van der Waals surface area contributed by atoms with E-state index in [0.29, 0.717) is 17.1 Å². The number of ether oxygens (including phenoxy) is 1. The number of carbonyl (C=O) groups is 1. The first-order valence-electron chi connectivity index (χ1n) is 7.85. The summed E-state index contributed by atoms with van der Waals surface area (Å²) in [5.41, 5.74) is 2.22. The van der Waals surface area contributed by atoms with Crippen LogP contribution in [-0.2, 0) is 4.74 Å². The van der Waals surface area contributed by atoms with Crippen molar-refractivity contribution in [1.82, 2.24) is 15.1 Å². The van der Waals surface area contributed by atoms with E-state index >= 15 is 0 Å². The van der Waals surface area contributed by atoms with E-state index in [9.17, 15) is 4.79 Å². The SMILES string of the molecule is Cc1c(C(=O)NCCC2CCCO2)cnn1-c1cccc(Cl)c1. The number of rotatable bonds is 5. The standard InChI is InChI=1S/C17H20ClN3O2/c1-12-16(17(22)19-8-7-15-6-3-9-23-15)11-20-21(12)14-5-2-4-13(18)10-14/h2,4-5,10-11,15H,3,6-9H2,1H3,(H,19,22). The molecule has 0 saturated carbocycles. The third kappa shape index (κ3) is 3.74. The molecule has 1 amide bonds. The number of nitrogens with zero attached hydrogens (tertiary/aromatic N) is 2. The molecule has 0 radical (unpaired) electrons. The van der Waals surface area contributed by atoms with Gasteiger partial charge in [0, 0.05) is 18.2 Å². The molecule has 0 aliphatic carbocycles. The lowest BCUT2D eigenvalue weighted by atomic mass is 10.2. The topological polar surface area (TPSA) is 56.1 Å². The van der Waals surface area contributed by atoms with Gasteiger partial charge in [-0.25, -0.2) is 4.68 Å². The summed E-state index contributed by atoms with van der Waals surface area (Å²) in [5.74, 6) is -0.103. The molecule has 1 fully saturated rings. The lowest BCUT2D eigenvalue weighted by molar-refractivity contribution is 0.0906. The molecule has 23 heavy (non-hydrogen) atoms. The van der Waals surface area contributed by atoms with Crippen LogP contribution in [0.5, 0.6) is 0 Å². The van der Waals surface area contributed by atoms with E-state index in [1.807, 2.05) is 31.2 Å². The molecule has 1 N–H and O–H groups in total. The van der Waals surface area contributed by atoms with Gasteiger partial charge >= 0.3 is 0 Å². The fraction of sp³-hybridized carbons (Fsp3) is 0.412. The summed E-state index contributed by atoms with van der Waals surface area (Å²) in [6.45, 7) is 3.33. The van der Waals surface area contributed by atoms with E-state index < -0.39 is 0 Å². The van der Waals surface area contributed by atoms with Crippen LogP contribution in [0.25, 0.3) is 5.69 Å². The minimum atomic E-state index is -0.103. The molecule has 1 aromatic heterocycles. The summed E-state index contributed by atoms with van der Waals surface area (Å²) in [5, 5.41) is 7.89. The number of benzene rings is 1. The molecule has 1 aliphatic heterocycles. The highest BCUT2D eigenvalue weighted by Crippen LogP contribution is 2.18. The van der Waals surface area contributed by atoms with Crippen molar-refractivity contribution >= 4 is 17.5 Å². The van der Waals surface area contributed by atoms with Crippen LogP contribution >= 0.6 is 11.6 Å². The first kappa shape index (κ1) is 16.0. The van der Waals surface area contributed by atoms with E-state index in [2.05, 4.69) is 10.4 Å². The Labute approximate surface area is 140 Å². The molecule has 1 saturated heterocycles. The van der Waals surface area contributed by atoms with Gasteiger partial charge in [-0.05, 0) is 44.4 Å². The van der Waals surface area contributed by atoms with E-state index in [0.717, 1.165) is 37.3 Å². The second kappa shape index (κ2) is 7.15. The molecule has 2 heterocycles. The van der Waals surface area contributed by atoms with Crippen LogP contribution < -0.4 is 5.32 Å². The molecule has 1 atom stereocenters. The summed E-state index contributed by atoms with van der Waals surface area (Å²) >= 11 is 6.01. The molecular weight excluding hydrogens is 314 g/mol. The number of carbonyl (C=O) groups excluding carboxylic acids is 1. The third-order valence-electron chi connectivity index (χ3n) is 4.08. The Bertz CT molecular complexity index is 693. The van der Waals surface area contributed by atoms with Gasteiger partial charge in [-0.15, -0.1) is 0 Å². The summed E-state index contributed by atoms with van der Waals surface area (Å²) in [7, 11) is 0. The maximum atomic E-state index is 12.3. The number of hydrogen-bond acceptors (Lipinski definition) is 3. The van der Waals surface area contributed by atoms with Crippen LogP contribution in [0.15, 0.2) is 30.5 Å². The van der Waals surface area contributed by atoms with Gasteiger partial charge in [0.15, 0.2) is 0 Å². The minimum absolute atomic E-state index is 0.103. The van der Waals surface area contributed by atoms with Crippen molar-refractivity contribution in [2.75, 3.05) is 13.2 Å². The Kier molecular flexibility index (Phi) is 4.98. The van der Waals surface area contributed by atoms with Crippen LogP contribution in [0.3, 0.4) is 0 Å². The summed E-state index contributed by atoms with van der Waals surface area (Å²) in [6, 6.07) is 7.40. The van der Waals surface area contributed by atoms with Crippen molar-refractivity contribution in [3.8, 4) is 5.69 Å². The van der Waals surface area contributed by atoms with Crippen LogP contribution in [0.1, 0.15) is 35.3 Å². The summed E-state index contributed by atoms with van der Waals surface area (Å²) < 4.78 is 7.28. The highest BCUT2D eigenvalue weighted by Gasteiger charge is 2.17. The van der Waals surface area contributed by atoms with Gasteiger partial charge in [0.2, 0.25) is 0 Å². The Balaban J connectivity index is 1.65. The first-order chi connectivity index (χ1) is 11.1. The van der Waals surface area contributed by atoms with Gasteiger partial charge in [0.05, 0.1) is 29.2 Å². The molecule has 1 aliphatic rings. The minimum Gasteiger partial charge on any atom is -0.378 e. The second-order valence-corrected chi connectivity index (χ2v) is 6.15. The molecule has 6 heteroatoms. The van der Waals surface area contributed by atoms with Gasteiger partial charge in [-0.2, -0.15) is 5.10 Å². The Morgan fingerprint density at radius 3 is 3.13 bits per heavy atom. The Hall–Kier alpha value is -1.85. The molecule has 1 unspecified atom stereocenters. The Morgan fingerprint density at radius 1 is 1.52 bits per heavy atom. The molecule has 5 nitrogen and oxygen atoms in total. The molecule has 1 aromatic carbocycles. The molecule has 2 aromatic rings. The number of hydrogen-bond donors (Lipinski definition) is 1. The lowest BCUT2D eigenvalue weighted by Gasteiger charge is -2.10.